The monoisotopic (exact) mass is 337 g/mol. The number of carbonyl (C=O) groups is 1. The van der Waals surface area contributed by atoms with E-state index in [0.29, 0.717) is 24.9 Å². The minimum absolute atomic E-state index is 0.0896. The van der Waals surface area contributed by atoms with Gasteiger partial charge < -0.3 is 13.7 Å². The van der Waals surface area contributed by atoms with Crippen LogP contribution in [0.5, 0.6) is 0 Å². The second kappa shape index (κ2) is 6.55. The third kappa shape index (κ3) is 3.20. The number of aryl methyl sites for hydroxylation is 1. The molecule has 0 radical (unpaired) electrons. The molecule has 3 aromatic rings. The van der Waals surface area contributed by atoms with E-state index in [0.717, 1.165) is 29.5 Å². The van der Waals surface area contributed by atoms with Gasteiger partial charge in [0.15, 0.2) is 0 Å². The summed E-state index contributed by atoms with van der Waals surface area (Å²) in [5.74, 6) is 1.39. The standard InChI is InChI=1S/C19H19N3O3/c1-13-3-2-4-15(11-13)19(23)22-8-5-14(6-9-22)17-20-21-18(25-17)16-7-10-24-12-16/h2-4,7,10-12,14H,5-6,8-9H2,1H3. The van der Waals surface area contributed by atoms with Crippen LogP contribution >= 0.6 is 0 Å². The third-order valence-electron chi connectivity index (χ3n) is 4.61. The zero-order valence-corrected chi connectivity index (χ0v) is 14.0. The molecule has 0 saturated carbocycles. The van der Waals surface area contributed by atoms with Crippen molar-refractivity contribution in [2.45, 2.75) is 25.7 Å². The molecule has 0 atom stereocenters. The molecule has 0 spiro atoms. The molecule has 0 N–H and O–H groups in total. The lowest BCUT2D eigenvalue weighted by Gasteiger charge is -2.30. The van der Waals surface area contributed by atoms with Crippen molar-refractivity contribution in [3.05, 3.63) is 59.9 Å². The van der Waals surface area contributed by atoms with E-state index in [1.165, 1.54) is 0 Å². The van der Waals surface area contributed by atoms with Gasteiger partial charge in [0, 0.05) is 24.6 Å². The van der Waals surface area contributed by atoms with Crippen molar-refractivity contribution in [1.82, 2.24) is 15.1 Å². The molecule has 6 heteroatoms. The van der Waals surface area contributed by atoms with Crippen LogP contribution in [0.25, 0.3) is 11.5 Å². The normalized spacial score (nSPS) is 15.5. The Morgan fingerprint density at radius 1 is 1.20 bits per heavy atom. The van der Waals surface area contributed by atoms with Gasteiger partial charge in [0.25, 0.3) is 11.8 Å². The number of nitrogens with zero attached hydrogens (tertiary/aromatic N) is 3. The highest BCUT2D eigenvalue weighted by molar-refractivity contribution is 5.94. The number of hydrogen-bond acceptors (Lipinski definition) is 5. The summed E-state index contributed by atoms with van der Waals surface area (Å²) in [4.78, 5) is 14.5. The zero-order valence-electron chi connectivity index (χ0n) is 14.0. The smallest absolute Gasteiger partial charge is 0.253 e. The summed E-state index contributed by atoms with van der Waals surface area (Å²) in [6, 6.07) is 9.52. The quantitative estimate of drug-likeness (QED) is 0.729. The van der Waals surface area contributed by atoms with Crippen LogP contribution in [0.1, 0.15) is 40.6 Å². The predicted octanol–water partition coefficient (Wildman–Crippen LogP) is 3.66. The molecule has 128 valence electrons. The van der Waals surface area contributed by atoms with E-state index in [1.807, 2.05) is 36.1 Å². The van der Waals surface area contributed by atoms with E-state index < -0.39 is 0 Å². The van der Waals surface area contributed by atoms with Gasteiger partial charge in [-0.1, -0.05) is 17.7 Å². The zero-order chi connectivity index (χ0) is 17.2. The van der Waals surface area contributed by atoms with Crippen LogP contribution in [0.15, 0.2) is 51.7 Å². The van der Waals surface area contributed by atoms with Crippen molar-refractivity contribution in [3.8, 4) is 11.5 Å². The lowest BCUT2D eigenvalue weighted by Crippen LogP contribution is -2.38. The fourth-order valence-electron chi connectivity index (χ4n) is 3.19. The van der Waals surface area contributed by atoms with Crippen LogP contribution in [-0.2, 0) is 0 Å². The highest BCUT2D eigenvalue weighted by atomic mass is 16.4. The topological polar surface area (TPSA) is 72.4 Å². The summed E-state index contributed by atoms with van der Waals surface area (Å²) in [5, 5.41) is 8.26. The number of furan rings is 1. The number of piperidine rings is 1. The first-order valence-corrected chi connectivity index (χ1v) is 8.42. The lowest BCUT2D eigenvalue weighted by atomic mass is 9.96. The maximum absolute atomic E-state index is 12.6. The average Bonchev–Trinajstić information content (AvgIpc) is 3.32. The summed E-state index contributed by atoms with van der Waals surface area (Å²) in [6.45, 7) is 3.39. The largest absolute Gasteiger partial charge is 0.472 e. The number of carbonyl (C=O) groups excluding carboxylic acids is 1. The van der Waals surface area contributed by atoms with Crippen LogP contribution in [0.2, 0.25) is 0 Å². The SMILES string of the molecule is Cc1cccc(C(=O)N2CCC(c3nnc(-c4ccoc4)o3)CC2)c1. The van der Waals surface area contributed by atoms with Gasteiger partial charge in [0.05, 0.1) is 11.8 Å². The van der Waals surface area contributed by atoms with E-state index in [2.05, 4.69) is 10.2 Å². The third-order valence-corrected chi connectivity index (χ3v) is 4.61. The number of aromatic nitrogens is 2. The molecule has 0 bridgehead atoms. The van der Waals surface area contributed by atoms with Crippen LogP contribution in [0.3, 0.4) is 0 Å². The van der Waals surface area contributed by atoms with Crippen molar-refractivity contribution < 1.29 is 13.6 Å². The number of benzene rings is 1. The Morgan fingerprint density at radius 2 is 2.04 bits per heavy atom. The number of rotatable bonds is 3. The van der Waals surface area contributed by atoms with Crippen molar-refractivity contribution in [2.75, 3.05) is 13.1 Å². The lowest BCUT2D eigenvalue weighted by molar-refractivity contribution is 0.0706. The van der Waals surface area contributed by atoms with E-state index in [4.69, 9.17) is 8.83 Å². The number of hydrogen-bond donors (Lipinski definition) is 0. The summed E-state index contributed by atoms with van der Waals surface area (Å²) < 4.78 is 10.8. The van der Waals surface area contributed by atoms with Gasteiger partial charge in [-0.25, -0.2) is 0 Å². The first kappa shape index (κ1) is 15.6. The Kier molecular flexibility index (Phi) is 4.09. The molecule has 6 nitrogen and oxygen atoms in total. The van der Waals surface area contributed by atoms with Crippen molar-refractivity contribution in [2.24, 2.45) is 0 Å². The fraction of sp³-hybridized carbons (Fsp3) is 0.316. The summed E-state index contributed by atoms with van der Waals surface area (Å²) >= 11 is 0. The highest BCUT2D eigenvalue weighted by Gasteiger charge is 2.28. The maximum Gasteiger partial charge on any atom is 0.253 e. The van der Waals surface area contributed by atoms with E-state index in [-0.39, 0.29) is 11.8 Å². The van der Waals surface area contributed by atoms with Crippen molar-refractivity contribution >= 4 is 5.91 Å². The van der Waals surface area contributed by atoms with Gasteiger partial charge in [-0.05, 0) is 38.0 Å². The molecular weight excluding hydrogens is 318 g/mol. The fourth-order valence-corrected chi connectivity index (χ4v) is 3.19. The molecule has 0 unspecified atom stereocenters. The molecule has 1 saturated heterocycles. The highest BCUT2D eigenvalue weighted by Crippen LogP contribution is 2.30. The summed E-state index contributed by atoms with van der Waals surface area (Å²) in [6.07, 6.45) is 4.81. The molecule has 1 fully saturated rings. The molecule has 1 aromatic carbocycles. The van der Waals surface area contributed by atoms with Gasteiger partial charge >= 0.3 is 0 Å². The van der Waals surface area contributed by atoms with Crippen molar-refractivity contribution in [3.63, 3.8) is 0 Å². The summed E-state index contributed by atoms with van der Waals surface area (Å²) in [7, 11) is 0. The average molecular weight is 337 g/mol. The van der Waals surface area contributed by atoms with Gasteiger partial charge in [-0.2, -0.15) is 0 Å². The molecule has 1 aliphatic heterocycles. The van der Waals surface area contributed by atoms with E-state index in [1.54, 1.807) is 18.6 Å². The van der Waals surface area contributed by atoms with Crippen LogP contribution in [0, 0.1) is 6.92 Å². The molecule has 1 amide bonds. The molecule has 1 aliphatic rings. The Hall–Kier alpha value is -2.89. The Morgan fingerprint density at radius 3 is 2.76 bits per heavy atom. The Bertz CT molecular complexity index is 862. The molecule has 0 aliphatic carbocycles. The summed E-state index contributed by atoms with van der Waals surface area (Å²) in [5.41, 5.74) is 2.63. The molecular formula is C19H19N3O3. The second-order valence-electron chi connectivity index (χ2n) is 6.39. The van der Waals surface area contributed by atoms with Crippen LogP contribution < -0.4 is 0 Å². The second-order valence-corrected chi connectivity index (χ2v) is 6.39. The predicted molar refractivity (Wildman–Crippen MR) is 91.1 cm³/mol. The Balaban J connectivity index is 1.41. The minimum atomic E-state index is 0.0896. The number of amides is 1. The number of likely N-dealkylation sites (tertiary alicyclic amines) is 1. The first-order valence-electron chi connectivity index (χ1n) is 8.42. The van der Waals surface area contributed by atoms with Gasteiger partial charge in [-0.15, -0.1) is 10.2 Å². The maximum atomic E-state index is 12.6. The van der Waals surface area contributed by atoms with Crippen LogP contribution in [-0.4, -0.2) is 34.1 Å². The molecule has 2 aromatic heterocycles. The molecule has 4 rings (SSSR count). The molecule has 3 heterocycles. The van der Waals surface area contributed by atoms with Crippen molar-refractivity contribution in [1.29, 1.82) is 0 Å². The Labute approximate surface area is 145 Å². The van der Waals surface area contributed by atoms with Gasteiger partial charge in [0.2, 0.25) is 5.89 Å². The van der Waals surface area contributed by atoms with Gasteiger partial charge in [0.1, 0.15) is 6.26 Å². The van der Waals surface area contributed by atoms with Gasteiger partial charge in [-0.3, -0.25) is 4.79 Å². The first-order chi connectivity index (χ1) is 12.2. The van der Waals surface area contributed by atoms with Crippen LogP contribution in [0.4, 0.5) is 0 Å². The minimum Gasteiger partial charge on any atom is -0.472 e. The molecule has 25 heavy (non-hydrogen) atoms. The van der Waals surface area contributed by atoms with E-state index >= 15 is 0 Å². The van der Waals surface area contributed by atoms with E-state index in [9.17, 15) is 4.79 Å².